The smallest absolute Gasteiger partial charge is 0.406 e. The van der Waals surface area contributed by atoms with Crippen molar-refractivity contribution >= 4 is 29.1 Å². The van der Waals surface area contributed by atoms with Gasteiger partial charge in [-0.15, -0.1) is 24.9 Å². The van der Waals surface area contributed by atoms with E-state index in [0.29, 0.717) is 16.1 Å². The largest absolute Gasteiger partial charge is 0.573 e. The molecule has 2 N–H and O–H groups in total. The number of alkyl halides is 3. The first-order valence-electron chi connectivity index (χ1n) is 9.86. The van der Waals surface area contributed by atoms with Gasteiger partial charge in [0.2, 0.25) is 5.91 Å². The number of thioether (sulfide) groups is 1. The summed E-state index contributed by atoms with van der Waals surface area (Å²) >= 11 is 1.21. The standard InChI is InChI=1S/C22H22F4N2O3S/c1-12(2)7-19(29)15-8-18-20(9-16(15)23)32-11-17(27)21(30)28(18)10-13-3-5-14(6-4-13)31-22(24,25)26/h3-6,8-9,12,17H,7,10-11,27H2,1-2H3/t17-/m0/s1. The average Bonchev–Trinajstić information content (AvgIpc) is 2.79. The predicted octanol–water partition coefficient (Wildman–Crippen LogP) is 4.92. The van der Waals surface area contributed by atoms with Crippen LogP contribution in [0.1, 0.15) is 36.2 Å². The van der Waals surface area contributed by atoms with Crippen LogP contribution in [0.3, 0.4) is 0 Å². The average molecular weight is 470 g/mol. The summed E-state index contributed by atoms with van der Waals surface area (Å²) in [5.41, 5.74) is 6.72. The van der Waals surface area contributed by atoms with Gasteiger partial charge in [0.15, 0.2) is 5.78 Å². The highest BCUT2D eigenvalue weighted by molar-refractivity contribution is 7.99. The fraction of sp³-hybridized carbons (Fsp3) is 0.364. The zero-order valence-corrected chi connectivity index (χ0v) is 18.2. The van der Waals surface area contributed by atoms with Crippen molar-refractivity contribution in [2.45, 2.75) is 44.1 Å². The van der Waals surface area contributed by atoms with E-state index >= 15 is 0 Å². The lowest BCUT2D eigenvalue weighted by Gasteiger charge is -2.25. The highest BCUT2D eigenvalue weighted by Gasteiger charge is 2.32. The second-order valence-electron chi connectivity index (χ2n) is 7.85. The molecule has 1 aliphatic heterocycles. The number of rotatable bonds is 6. The molecule has 0 fully saturated rings. The molecule has 0 saturated carbocycles. The van der Waals surface area contributed by atoms with Gasteiger partial charge in [0, 0.05) is 17.1 Å². The Balaban J connectivity index is 1.96. The zero-order chi connectivity index (χ0) is 23.6. The first-order valence-corrected chi connectivity index (χ1v) is 10.8. The van der Waals surface area contributed by atoms with Crippen molar-refractivity contribution in [1.82, 2.24) is 0 Å². The van der Waals surface area contributed by atoms with Crippen LogP contribution < -0.4 is 15.4 Å². The van der Waals surface area contributed by atoms with E-state index in [4.69, 9.17) is 5.73 Å². The van der Waals surface area contributed by atoms with Gasteiger partial charge in [0.25, 0.3) is 0 Å². The van der Waals surface area contributed by atoms with Gasteiger partial charge >= 0.3 is 6.36 Å². The molecule has 0 bridgehead atoms. The van der Waals surface area contributed by atoms with E-state index < -0.39 is 24.1 Å². The molecular weight excluding hydrogens is 448 g/mol. The molecule has 0 aromatic heterocycles. The van der Waals surface area contributed by atoms with Crippen molar-refractivity contribution in [1.29, 1.82) is 0 Å². The normalized spacial score (nSPS) is 16.7. The van der Waals surface area contributed by atoms with Crippen molar-refractivity contribution in [3.05, 3.63) is 53.3 Å². The lowest BCUT2D eigenvalue weighted by Crippen LogP contribution is -2.44. The first-order chi connectivity index (χ1) is 14.9. The lowest BCUT2D eigenvalue weighted by atomic mass is 10.00. The maximum absolute atomic E-state index is 14.7. The minimum absolute atomic E-state index is 0.0180. The number of nitrogens with zero attached hydrogens (tertiary/aromatic N) is 1. The van der Waals surface area contributed by atoms with E-state index in [1.54, 1.807) is 0 Å². The molecule has 2 aromatic rings. The molecule has 1 amide bonds. The molecular formula is C22H22F4N2O3S. The Bertz CT molecular complexity index is 1010. The number of hydrogen-bond acceptors (Lipinski definition) is 5. The van der Waals surface area contributed by atoms with Crippen LogP contribution in [0, 0.1) is 11.7 Å². The van der Waals surface area contributed by atoms with Crippen LogP contribution in [0.25, 0.3) is 0 Å². The molecule has 3 rings (SSSR count). The third-order valence-corrected chi connectivity index (χ3v) is 5.90. The minimum Gasteiger partial charge on any atom is -0.406 e. The van der Waals surface area contributed by atoms with E-state index in [1.165, 1.54) is 40.9 Å². The van der Waals surface area contributed by atoms with Crippen LogP contribution in [0.4, 0.5) is 23.2 Å². The van der Waals surface area contributed by atoms with E-state index in [0.717, 1.165) is 12.1 Å². The van der Waals surface area contributed by atoms with Gasteiger partial charge in [-0.05, 0) is 35.7 Å². The number of hydrogen-bond donors (Lipinski definition) is 1. The van der Waals surface area contributed by atoms with Crippen LogP contribution in [0.5, 0.6) is 5.75 Å². The molecule has 10 heteroatoms. The fourth-order valence-corrected chi connectivity index (χ4v) is 4.28. The molecule has 172 valence electrons. The number of Topliss-reactive ketones (excluding diaryl/α,β-unsaturated/α-hetero) is 1. The summed E-state index contributed by atoms with van der Waals surface area (Å²) in [6.45, 7) is 3.67. The quantitative estimate of drug-likeness (QED) is 0.479. The highest BCUT2D eigenvalue weighted by atomic mass is 32.2. The van der Waals surface area contributed by atoms with E-state index in [-0.39, 0.29) is 41.7 Å². The number of amides is 1. The molecule has 1 atom stereocenters. The van der Waals surface area contributed by atoms with Gasteiger partial charge in [0.05, 0.1) is 23.8 Å². The zero-order valence-electron chi connectivity index (χ0n) is 17.4. The predicted molar refractivity (Wildman–Crippen MR) is 113 cm³/mol. The number of nitrogens with two attached hydrogens (primary N) is 1. The number of carbonyl (C=O) groups is 2. The molecule has 1 aliphatic rings. The molecule has 1 heterocycles. The third-order valence-electron chi connectivity index (χ3n) is 4.73. The Morgan fingerprint density at radius 3 is 2.50 bits per heavy atom. The van der Waals surface area contributed by atoms with Crippen LogP contribution >= 0.6 is 11.8 Å². The summed E-state index contributed by atoms with van der Waals surface area (Å²) in [5.74, 6) is -1.61. The van der Waals surface area contributed by atoms with Crippen LogP contribution in [-0.4, -0.2) is 29.8 Å². The van der Waals surface area contributed by atoms with E-state index in [1.807, 2.05) is 13.8 Å². The molecule has 0 unspecified atom stereocenters. The second-order valence-corrected chi connectivity index (χ2v) is 8.92. The van der Waals surface area contributed by atoms with Crippen molar-refractivity contribution in [2.75, 3.05) is 10.7 Å². The number of fused-ring (bicyclic) bond motifs is 1. The molecule has 5 nitrogen and oxygen atoms in total. The second kappa shape index (κ2) is 9.50. The van der Waals surface area contributed by atoms with Gasteiger partial charge in [-0.2, -0.15) is 0 Å². The molecule has 0 saturated heterocycles. The Morgan fingerprint density at radius 1 is 1.25 bits per heavy atom. The summed E-state index contributed by atoms with van der Waals surface area (Å²) < 4.78 is 55.7. The van der Waals surface area contributed by atoms with Gasteiger partial charge < -0.3 is 15.4 Å². The number of ether oxygens (including phenoxy) is 1. The van der Waals surface area contributed by atoms with Crippen LogP contribution in [-0.2, 0) is 11.3 Å². The number of benzene rings is 2. The first kappa shape index (κ1) is 24.1. The Labute approximate surface area is 186 Å². The topological polar surface area (TPSA) is 72.6 Å². The number of anilines is 1. The summed E-state index contributed by atoms with van der Waals surface area (Å²) in [6.07, 6.45) is -4.66. The maximum atomic E-state index is 14.7. The van der Waals surface area contributed by atoms with E-state index in [9.17, 15) is 27.2 Å². The van der Waals surface area contributed by atoms with Crippen molar-refractivity contribution in [3.8, 4) is 5.75 Å². The molecule has 0 spiro atoms. The summed E-state index contributed by atoms with van der Waals surface area (Å²) in [6, 6.07) is 6.80. The molecule has 0 aliphatic carbocycles. The SMILES string of the molecule is CC(C)CC(=O)c1cc2c(cc1F)SC[C@H](N)C(=O)N2Cc1ccc(OC(F)(F)F)cc1. The fourth-order valence-electron chi connectivity index (χ4n) is 3.28. The Kier molecular flexibility index (Phi) is 7.14. The van der Waals surface area contributed by atoms with E-state index in [2.05, 4.69) is 4.74 Å². The monoisotopic (exact) mass is 470 g/mol. The highest BCUT2D eigenvalue weighted by Crippen LogP contribution is 2.37. The van der Waals surface area contributed by atoms with Gasteiger partial charge in [0.1, 0.15) is 11.6 Å². The Morgan fingerprint density at radius 2 is 1.91 bits per heavy atom. The minimum atomic E-state index is -4.81. The van der Waals surface area contributed by atoms with Crippen molar-refractivity contribution < 1.29 is 31.9 Å². The molecule has 2 aromatic carbocycles. The summed E-state index contributed by atoms with van der Waals surface area (Å²) in [5, 5.41) is 0. The number of ketones is 1. The van der Waals surface area contributed by atoms with Crippen molar-refractivity contribution in [3.63, 3.8) is 0 Å². The van der Waals surface area contributed by atoms with Gasteiger partial charge in [-0.25, -0.2) is 4.39 Å². The number of carbonyl (C=O) groups excluding carboxylic acids is 2. The lowest BCUT2D eigenvalue weighted by molar-refractivity contribution is -0.274. The van der Waals surface area contributed by atoms with Crippen LogP contribution in [0.15, 0.2) is 41.3 Å². The maximum Gasteiger partial charge on any atom is 0.573 e. The van der Waals surface area contributed by atoms with Gasteiger partial charge in [-0.1, -0.05) is 26.0 Å². The number of halogens is 4. The van der Waals surface area contributed by atoms with Crippen molar-refractivity contribution in [2.24, 2.45) is 11.7 Å². The van der Waals surface area contributed by atoms with Gasteiger partial charge in [-0.3, -0.25) is 9.59 Å². The molecule has 0 radical (unpaired) electrons. The third kappa shape index (κ3) is 5.80. The molecule has 32 heavy (non-hydrogen) atoms. The summed E-state index contributed by atoms with van der Waals surface area (Å²) in [7, 11) is 0. The Hall–Kier alpha value is -2.59. The summed E-state index contributed by atoms with van der Waals surface area (Å²) in [4.78, 5) is 27.3. The van der Waals surface area contributed by atoms with Crippen LogP contribution in [0.2, 0.25) is 0 Å².